The molecule has 64 heavy (non-hydrogen) atoms. The van der Waals surface area contributed by atoms with Gasteiger partial charge in [-0.1, -0.05) is 247 Å². The predicted octanol–water partition coefficient (Wildman–Crippen LogP) is 16.3. The van der Waals surface area contributed by atoms with E-state index in [0.717, 1.165) is 103 Å². The van der Waals surface area contributed by atoms with Gasteiger partial charge in [-0.25, -0.2) is 0 Å². The van der Waals surface area contributed by atoms with E-state index in [2.05, 4.69) is 86.8 Å². The molecule has 1 amide bonds. The summed E-state index contributed by atoms with van der Waals surface area (Å²) in [5.74, 6) is -0.525. The number of aliphatic hydroxyl groups excluding tert-OH is 2. The van der Waals surface area contributed by atoms with Crippen LogP contribution in [0.5, 0.6) is 0 Å². The van der Waals surface area contributed by atoms with Gasteiger partial charge in [-0.05, 0) is 70.6 Å². The maximum atomic E-state index is 13.2. The first-order valence-corrected chi connectivity index (χ1v) is 26.9. The Balaban J connectivity index is 4.65. The Hall–Kier alpha value is -2.96. The second-order valence-corrected chi connectivity index (χ2v) is 18.1. The fourth-order valence-electron chi connectivity index (χ4n) is 7.75. The number of carbonyl (C=O) groups excluding carboxylic acids is 2. The third kappa shape index (κ3) is 45.6. The molecule has 0 radical (unpaired) electrons. The predicted molar refractivity (Wildman–Crippen MR) is 278 cm³/mol. The molecule has 0 saturated heterocycles. The van der Waals surface area contributed by atoms with E-state index in [1.54, 1.807) is 0 Å². The number of carbonyl (C=O) groups is 2. The minimum Gasteiger partial charge on any atom is -0.462 e. The molecule has 368 valence electrons. The highest BCUT2D eigenvalue weighted by Gasteiger charge is 2.24. The third-order valence-corrected chi connectivity index (χ3v) is 11.8. The van der Waals surface area contributed by atoms with Crippen molar-refractivity contribution >= 4 is 11.9 Å². The summed E-state index contributed by atoms with van der Waals surface area (Å²) in [4.78, 5) is 26.2. The molecule has 0 bridgehead atoms. The zero-order valence-corrected chi connectivity index (χ0v) is 41.9. The van der Waals surface area contributed by atoms with E-state index in [4.69, 9.17) is 4.74 Å². The minimum atomic E-state index is -0.802. The number of unbranched alkanes of at least 4 members (excludes halogenated alkanes) is 26. The van der Waals surface area contributed by atoms with E-state index in [9.17, 15) is 19.8 Å². The summed E-state index contributed by atoms with van der Waals surface area (Å²) in [7, 11) is 0. The van der Waals surface area contributed by atoms with E-state index in [1.807, 2.05) is 24.3 Å². The third-order valence-electron chi connectivity index (χ3n) is 11.8. The Morgan fingerprint density at radius 3 is 1.31 bits per heavy atom. The van der Waals surface area contributed by atoms with Gasteiger partial charge < -0.3 is 20.3 Å². The number of hydrogen-bond acceptors (Lipinski definition) is 5. The van der Waals surface area contributed by atoms with Crippen LogP contribution in [0.25, 0.3) is 0 Å². The van der Waals surface area contributed by atoms with Crippen LogP contribution in [0.4, 0.5) is 0 Å². The molecule has 0 spiro atoms. The van der Waals surface area contributed by atoms with Gasteiger partial charge in [0.1, 0.15) is 6.10 Å². The summed E-state index contributed by atoms with van der Waals surface area (Å²) in [6.07, 6.45) is 66.3. The van der Waals surface area contributed by atoms with Gasteiger partial charge in [0, 0.05) is 6.42 Å². The number of hydrogen-bond donors (Lipinski definition) is 3. The second-order valence-electron chi connectivity index (χ2n) is 18.1. The maximum absolute atomic E-state index is 13.2. The van der Waals surface area contributed by atoms with Gasteiger partial charge in [0.25, 0.3) is 0 Å². The highest BCUT2D eigenvalue weighted by molar-refractivity contribution is 5.77. The van der Waals surface area contributed by atoms with Gasteiger partial charge in [-0.2, -0.15) is 0 Å². The van der Waals surface area contributed by atoms with Crippen molar-refractivity contribution < 1.29 is 24.5 Å². The number of allylic oxidation sites excluding steroid dienone is 14. The molecule has 0 aromatic heterocycles. The summed E-state index contributed by atoms with van der Waals surface area (Å²) in [6.45, 7) is 6.36. The lowest BCUT2D eigenvalue weighted by molar-refractivity contribution is -0.151. The van der Waals surface area contributed by atoms with Crippen molar-refractivity contribution in [3.63, 3.8) is 0 Å². The van der Waals surface area contributed by atoms with Gasteiger partial charge in [0.2, 0.25) is 5.91 Å². The fraction of sp³-hybridized carbons (Fsp3) is 0.724. The molecule has 0 heterocycles. The van der Waals surface area contributed by atoms with Crippen molar-refractivity contribution in [1.82, 2.24) is 5.32 Å². The Labute approximate surface area is 395 Å². The van der Waals surface area contributed by atoms with Gasteiger partial charge in [-0.3, -0.25) is 9.59 Å². The quantitative estimate of drug-likeness (QED) is 0.0321. The monoisotopic (exact) mass is 892 g/mol. The van der Waals surface area contributed by atoms with Crippen LogP contribution in [0.15, 0.2) is 85.1 Å². The number of nitrogens with one attached hydrogen (secondary N) is 1. The number of rotatable bonds is 47. The van der Waals surface area contributed by atoms with Crippen LogP contribution in [-0.2, 0) is 14.3 Å². The number of aliphatic hydroxyl groups is 2. The Kier molecular flexibility index (Phi) is 48.7. The second kappa shape index (κ2) is 51.0. The van der Waals surface area contributed by atoms with E-state index in [-0.39, 0.29) is 24.9 Å². The van der Waals surface area contributed by atoms with Gasteiger partial charge in [0.05, 0.1) is 25.2 Å². The molecular weight excluding hydrogens is 791 g/mol. The Bertz CT molecular complexity index is 1230. The van der Waals surface area contributed by atoms with E-state index in [1.165, 1.54) is 96.3 Å². The zero-order chi connectivity index (χ0) is 46.7. The molecule has 0 aromatic carbocycles. The first-order chi connectivity index (χ1) is 31.5. The highest BCUT2D eigenvalue weighted by Crippen LogP contribution is 2.17. The van der Waals surface area contributed by atoms with Gasteiger partial charge >= 0.3 is 5.97 Å². The highest BCUT2D eigenvalue weighted by atomic mass is 16.5. The largest absolute Gasteiger partial charge is 0.462 e. The standard InChI is InChI=1S/C58H101NO5/c1-4-7-10-13-16-19-22-25-27-28-29-30-33-36-39-42-45-48-51-58(63)64-54(49-46-43-40-37-34-31-24-21-18-15-12-9-6-3)52-57(62)59-55(53-60)56(61)50-47-44-41-38-35-32-26-23-20-17-14-11-8-5-2/h10,13,16,18-19,21-22,24-25,27-31,54-56,60-61H,4-9,11-12,14-15,17,20,23,26,32-53H2,1-3H3,(H,59,62)/b13-10+,19-16+,21-18+,25-22+,28-27+,30-29+,31-24+. The van der Waals surface area contributed by atoms with Crippen LogP contribution < -0.4 is 5.32 Å². The van der Waals surface area contributed by atoms with Crippen LogP contribution in [-0.4, -0.2) is 46.9 Å². The van der Waals surface area contributed by atoms with Crippen molar-refractivity contribution in [2.45, 2.75) is 264 Å². The zero-order valence-electron chi connectivity index (χ0n) is 41.9. The minimum absolute atomic E-state index is 0.0495. The van der Waals surface area contributed by atoms with Crippen LogP contribution in [0.2, 0.25) is 0 Å². The van der Waals surface area contributed by atoms with Crippen molar-refractivity contribution in [1.29, 1.82) is 0 Å². The normalized spacial score (nSPS) is 13.9. The van der Waals surface area contributed by atoms with Crippen LogP contribution in [0, 0.1) is 0 Å². The molecular formula is C58H101NO5. The lowest BCUT2D eigenvalue weighted by Crippen LogP contribution is -2.46. The Morgan fingerprint density at radius 2 is 0.828 bits per heavy atom. The van der Waals surface area contributed by atoms with E-state index in [0.29, 0.717) is 19.3 Å². The van der Waals surface area contributed by atoms with Crippen LogP contribution >= 0.6 is 0 Å². The summed E-state index contributed by atoms with van der Waals surface area (Å²) in [6, 6.07) is -0.718. The smallest absolute Gasteiger partial charge is 0.306 e. The lowest BCUT2D eigenvalue weighted by atomic mass is 10.0. The summed E-state index contributed by atoms with van der Waals surface area (Å²) >= 11 is 0. The first-order valence-electron chi connectivity index (χ1n) is 26.9. The van der Waals surface area contributed by atoms with E-state index < -0.39 is 18.2 Å². The Morgan fingerprint density at radius 1 is 0.453 bits per heavy atom. The maximum Gasteiger partial charge on any atom is 0.306 e. The molecule has 6 heteroatoms. The molecule has 3 atom stereocenters. The van der Waals surface area contributed by atoms with Crippen molar-refractivity contribution in [2.24, 2.45) is 0 Å². The molecule has 6 nitrogen and oxygen atoms in total. The molecule has 0 rings (SSSR count). The van der Waals surface area contributed by atoms with Crippen molar-refractivity contribution in [3.8, 4) is 0 Å². The SMILES string of the molecule is CCC/C=C/C=C/C=C/C=C/C=C/CCCCCCCC(=O)OC(CCCCCC/C=C/C=C/CCCCC)CC(=O)NC(CO)C(O)CCCCCCCCCCCCCCCC. The van der Waals surface area contributed by atoms with Crippen molar-refractivity contribution in [2.75, 3.05) is 6.61 Å². The molecule has 0 aliphatic carbocycles. The lowest BCUT2D eigenvalue weighted by Gasteiger charge is -2.24. The van der Waals surface area contributed by atoms with E-state index >= 15 is 0 Å². The summed E-state index contributed by atoms with van der Waals surface area (Å²) in [5.41, 5.74) is 0. The number of ether oxygens (including phenoxy) is 1. The fourth-order valence-corrected chi connectivity index (χ4v) is 7.75. The topological polar surface area (TPSA) is 95.9 Å². The summed E-state index contributed by atoms with van der Waals surface area (Å²) < 4.78 is 5.92. The average molecular weight is 892 g/mol. The molecule has 0 fully saturated rings. The van der Waals surface area contributed by atoms with Gasteiger partial charge in [0.15, 0.2) is 0 Å². The molecule has 3 unspecified atom stereocenters. The first kappa shape index (κ1) is 61.0. The molecule has 0 aromatic rings. The molecule has 0 aliphatic rings. The van der Waals surface area contributed by atoms with Crippen LogP contribution in [0.1, 0.15) is 245 Å². The van der Waals surface area contributed by atoms with Gasteiger partial charge in [-0.15, -0.1) is 0 Å². The molecule has 3 N–H and O–H groups in total. The molecule has 0 aliphatic heterocycles. The number of amides is 1. The molecule has 0 saturated carbocycles. The average Bonchev–Trinajstić information content (AvgIpc) is 3.29. The van der Waals surface area contributed by atoms with Crippen LogP contribution in [0.3, 0.4) is 0 Å². The van der Waals surface area contributed by atoms with Crippen molar-refractivity contribution in [3.05, 3.63) is 85.1 Å². The number of esters is 1. The summed E-state index contributed by atoms with van der Waals surface area (Å²) in [5, 5.41) is 23.8.